The number of carbonyl (C=O) groups excluding carboxylic acids is 2. The van der Waals surface area contributed by atoms with Gasteiger partial charge in [0, 0.05) is 30.2 Å². The second-order valence-corrected chi connectivity index (χ2v) is 8.66. The lowest BCUT2D eigenvalue weighted by molar-refractivity contribution is -0.137. The molecule has 4 rings (SSSR count). The summed E-state index contributed by atoms with van der Waals surface area (Å²) in [6.07, 6.45) is -0.511. The van der Waals surface area contributed by atoms with Crippen LogP contribution in [-0.2, 0) is 12.7 Å². The van der Waals surface area contributed by atoms with Crippen LogP contribution in [0.4, 0.5) is 34.8 Å². The Bertz CT molecular complexity index is 1560. The van der Waals surface area contributed by atoms with Gasteiger partial charge in [-0.1, -0.05) is 18.2 Å². The lowest BCUT2D eigenvalue weighted by Crippen LogP contribution is -2.24. The molecule has 2 amide bonds. The molecule has 0 aliphatic heterocycles. The highest BCUT2D eigenvalue weighted by Crippen LogP contribution is 2.31. The lowest BCUT2D eigenvalue weighted by Gasteiger charge is -2.16. The fourth-order valence-electron chi connectivity index (χ4n) is 3.66. The summed E-state index contributed by atoms with van der Waals surface area (Å²) in [6.45, 7) is 1.94. The molecule has 0 saturated heterocycles. The monoisotopic (exact) mass is 553 g/mol. The fourth-order valence-corrected chi connectivity index (χ4v) is 3.66. The fraction of sp³-hybridized carbons (Fsp3) is 0.143. The van der Waals surface area contributed by atoms with E-state index >= 15 is 0 Å². The number of anilines is 3. The van der Waals surface area contributed by atoms with Crippen molar-refractivity contribution < 1.29 is 31.9 Å². The SMILES string of the molecule is COc1cncc(CNC(=O)c2cnc(Nc3ccccc3C)c(NC(=O)c3cc(F)cc(C(F)(F)F)c3)c2)c1. The van der Waals surface area contributed by atoms with Crippen LogP contribution in [-0.4, -0.2) is 28.9 Å². The maximum Gasteiger partial charge on any atom is 0.416 e. The smallest absolute Gasteiger partial charge is 0.416 e. The Morgan fingerprint density at radius 2 is 1.70 bits per heavy atom. The zero-order valence-electron chi connectivity index (χ0n) is 21.3. The number of aryl methyl sites for hydroxylation is 1. The minimum absolute atomic E-state index is 0.0123. The normalized spacial score (nSPS) is 11.1. The number of carbonyl (C=O) groups is 2. The van der Waals surface area contributed by atoms with E-state index in [9.17, 15) is 27.2 Å². The van der Waals surface area contributed by atoms with Crippen LogP contribution in [0.5, 0.6) is 5.75 Å². The molecule has 4 aromatic rings. The number of hydrogen-bond donors (Lipinski definition) is 3. The summed E-state index contributed by atoms with van der Waals surface area (Å²) in [6, 6.07) is 11.7. The van der Waals surface area contributed by atoms with Crippen LogP contribution in [0.15, 0.2) is 73.2 Å². The molecule has 206 valence electrons. The van der Waals surface area contributed by atoms with Crippen LogP contribution in [0.3, 0.4) is 0 Å². The summed E-state index contributed by atoms with van der Waals surface area (Å²) in [7, 11) is 1.49. The van der Waals surface area contributed by atoms with Gasteiger partial charge >= 0.3 is 6.18 Å². The van der Waals surface area contributed by atoms with Gasteiger partial charge in [-0.15, -0.1) is 0 Å². The first kappa shape index (κ1) is 28.0. The predicted octanol–water partition coefficient (Wildman–Crippen LogP) is 5.88. The molecule has 8 nitrogen and oxygen atoms in total. The third kappa shape index (κ3) is 6.90. The van der Waals surface area contributed by atoms with Gasteiger partial charge in [-0.05, 0) is 54.4 Å². The maximum absolute atomic E-state index is 13.9. The number of halogens is 4. The van der Waals surface area contributed by atoms with Crippen molar-refractivity contribution in [3.8, 4) is 5.75 Å². The molecule has 0 aliphatic rings. The quantitative estimate of drug-likeness (QED) is 0.236. The zero-order chi connectivity index (χ0) is 28.9. The zero-order valence-corrected chi connectivity index (χ0v) is 21.3. The van der Waals surface area contributed by atoms with E-state index in [2.05, 4.69) is 25.9 Å². The Labute approximate surface area is 226 Å². The Morgan fingerprint density at radius 1 is 0.925 bits per heavy atom. The molecule has 40 heavy (non-hydrogen) atoms. The molecule has 2 heterocycles. The van der Waals surface area contributed by atoms with E-state index in [1.54, 1.807) is 24.4 Å². The van der Waals surface area contributed by atoms with Crippen molar-refractivity contribution in [2.75, 3.05) is 17.7 Å². The van der Waals surface area contributed by atoms with E-state index in [1.165, 1.54) is 25.6 Å². The van der Waals surface area contributed by atoms with Crippen LogP contribution in [0, 0.1) is 12.7 Å². The number of amides is 2. The summed E-state index contributed by atoms with van der Waals surface area (Å²) in [5, 5.41) is 8.21. The van der Waals surface area contributed by atoms with Crippen LogP contribution in [0.2, 0.25) is 0 Å². The molecule has 0 fully saturated rings. The number of aromatic nitrogens is 2. The van der Waals surface area contributed by atoms with E-state index in [4.69, 9.17) is 4.74 Å². The number of nitrogens with zero attached hydrogens (tertiary/aromatic N) is 2. The predicted molar refractivity (Wildman–Crippen MR) is 140 cm³/mol. The summed E-state index contributed by atoms with van der Waals surface area (Å²) < 4.78 is 58.6. The first-order valence-corrected chi connectivity index (χ1v) is 11.8. The van der Waals surface area contributed by atoms with Gasteiger partial charge in [-0.25, -0.2) is 9.37 Å². The molecule has 0 unspecified atom stereocenters. The molecule has 0 aliphatic carbocycles. The van der Waals surface area contributed by atoms with Crippen molar-refractivity contribution in [3.63, 3.8) is 0 Å². The number of hydrogen-bond acceptors (Lipinski definition) is 6. The average molecular weight is 554 g/mol. The van der Waals surface area contributed by atoms with Crippen LogP contribution < -0.4 is 20.7 Å². The number of rotatable bonds is 8. The highest BCUT2D eigenvalue weighted by atomic mass is 19.4. The van der Waals surface area contributed by atoms with Crippen molar-refractivity contribution in [2.24, 2.45) is 0 Å². The Hall–Kier alpha value is -5.00. The summed E-state index contributed by atoms with van der Waals surface area (Å²) in [5.41, 5.74) is 0.314. The second-order valence-electron chi connectivity index (χ2n) is 8.66. The third-order valence-electron chi connectivity index (χ3n) is 5.74. The molecular weight excluding hydrogens is 530 g/mol. The van der Waals surface area contributed by atoms with Crippen LogP contribution in [0.25, 0.3) is 0 Å². The van der Waals surface area contributed by atoms with Crippen LogP contribution in [0.1, 0.15) is 37.4 Å². The van der Waals surface area contributed by atoms with Gasteiger partial charge in [0.05, 0.1) is 30.1 Å². The van der Waals surface area contributed by atoms with Crippen molar-refractivity contribution in [2.45, 2.75) is 19.6 Å². The van der Waals surface area contributed by atoms with Crippen LogP contribution >= 0.6 is 0 Å². The van der Waals surface area contributed by atoms with E-state index in [0.29, 0.717) is 35.2 Å². The van der Waals surface area contributed by atoms with Gasteiger partial charge in [0.15, 0.2) is 5.82 Å². The van der Waals surface area contributed by atoms with Crippen molar-refractivity contribution >= 4 is 29.0 Å². The van der Waals surface area contributed by atoms with E-state index in [0.717, 1.165) is 5.56 Å². The van der Waals surface area contributed by atoms with E-state index < -0.39 is 34.9 Å². The standard InChI is InChI=1S/C28H23F4N5O3/c1-16-5-3-4-6-23(16)36-25-24(37-27(39)18-8-20(28(30,31)32)11-21(29)9-18)10-19(14-34-25)26(38)35-13-17-7-22(40-2)15-33-12-17/h3-12,14-15H,13H2,1-2H3,(H,34,36)(H,35,38)(H,37,39). The Balaban J connectivity index is 1.63. The second kappa shape index (κ2) is 11.8. The molecule has 2 aromatic heterocycles. The summed E-state index contributed by atoms with van der Waals surface area (Å²) in [5.74, 6) is -2.17. The highest BCUT2D eigenvalue weighted by Gasteiger charge is 2.32. The maximum atomic E-state index is 13.9. The molecule has 0 radical (unpaired) electrons. The number of benzene rings is 2. The topological polar surface area (TPSA) is 105 Å². The van der Waals surface area contributed by atoms with Gasteiger partial charge < -0.3 is 20.7 Å². The number of methoxy groups -OCH3 is 1. The van der Waals surface area contributed by atoms with Crippen molar-refractivity contribution in [1.82, 2.24) is 15.3 Å². The molecule has 0 saturated carbocycles. The van der Waals surface area contributed by atoms with E-state index in [1.807, 2.05) is 19.1 Å². The molecule has 12 heteroatoms. The molecule has 0 atom stereocenters. The Morgan fingerprint density at radius 3 is 2.42 bits per heavy atom. The Kier molecular flexibility index (Phi) is 8.27. The van der Waals surface area contributed by atoms with E-state index in [-0.39, 0.29) is 23.6 Å². The third-order valence-corrected chi connectivity index (χ3v) is 5.74. The molecule has 3 N–H and O–H groups in total. The molecule has 0 bridgehead atoms. The van der Waals surface area contributed by atoms with Gasteiger partial charge in [0.1, 0.15) is 11.6 Å². The molecular formula is C28H23F4N5O3. The van der Waals surface area contributed by atoms with Gasteiger partial charge in [-0.3, -0.25) is 14.6 Å². The summed E-state index contributed by atoms with van der Waals surface area (Å²) >= 11 is 0. The minimum atomic E-state index is -4.85. The number of alkyl halides is 3. The lowest BCUT2D eigenvalue weighted by atomic mass is 10.1. The van der Waals surface area contributed by atoms with Crippen molar-refractivity contribution in [3.05, 3.63) is 107 Å². The number of para-hydroxylation sites is 1. The molecule has 0 spiro atoms. The van der Waals surface area contributed by atoms with Gasteiger partial charge in [0.25, 0.3) is 11.8 Å². The van der Waals surface area contributed by atoms with Gasteiger partial charge in [0.2, 0.25) is 0 Å². The average Bonchev–Trinajstić information content (AvgIpc) is 2.93. The van der Waals surface area contributed by atoms with Gasteiger partial charge in [-0.2, -0.15) is 13.2 Å². The highest BCUT2D eigenvalue weighted by molar-refractivity contribution is 6.07. The molecule has 2 aromatic carbocycles. The number of ether oxygens (including phenoxy) is 1. The van der Waals surface area contributed by atoms with Crippen molar-refractivity contribution in [1.29, 1.82) is 0 Å². The number of nitrogens with one attached hydrogen (secondary N) is 3. The first-order chi connectivity index (χ1) is 19.0. The number of pyridine rings is 2. The largest absolute Gasteiger partial charge is 0.495 e. The minimum Gasteiger partial charge on any atom is -0.495 e. The first-order valence-electron chi connectivity index (χ1n) is 11.8. The summed E-state index contributed by atoms with van der Waals surface area (Å²) in [4.78, 5) is 34.1.